The van der Waals surface area contributed by atoms with E-state index < -0.39 is 0 Å². The van der Waals surface area contributed by atoms with E-state index >= 15 is 0 Å². The molecule has 53 heavy (non-hydrogen) atoms. The summed E-state index contributed by atoms with van der Waals surface area (Å²) in [6.45, 7) is 4.72. The molecule has 2 aliphatic rings. The fourth-order valence-corrected chi connectivity index (χ4v) is 8.75. The van der Waals surface area contributed by atoms with Crippen molar-refractivity contribution in [3.63, 3.8) is 0 Å². The van der Waals surface area contributed by atoms with E-state index in [1.54, 1.807) is 0 Å². The van der Waals surface area contributed by atoms with Gasteiger partial charge in [0.25, 0.3) is 0 Å². The molecule has 8 aromatic rings. The highest BCUT2D eigenvalue weighted by atomic mass is 15.1. The monoisotopic (exact) mass is 680 g/mol. The molecule has 0 bridgehead atoms. The zero-order valence-corrected chi connectivity index (χ0v) is 30.1. The van der Waals surface area contributed by atoms with Gasteiger partial charge in [-0.15, -0.1) is 0 Å². The summed E-state index contributed by atoms with van der Waals surface area (Å²) in [5, 5.41) is 2.57. The molecule has 1 aromatic heterocycles. The summed E-state index contributed by atoms with van der Waals surface area (Å²) < 4.78 is 2.44. The number of anilines is 3. The zero-order valence-electron chi connectivity index (χ0n) is 30.1. The predicted molar refractivity (Wildman–Crippen MR) is 225 cm³/mol. The maximum atomic E-state index is 2.44. The Morgan fingerprint density at radius 1 is 0.472 bits per heavy atom. The van der Waals surface area contributed by atoms with Crippen LogP contribution in [0.3, 0.4) is 0 Å². The minimum atomic E-state index is -0.0990. The van der Waals surface area contributed by atoms with E-state index in [9.17, 15) is 0 Å². The lowest BCUT2D eigenvalue weighted by molar-refractivity contribution is 0.660. The van der Waals surface area contributed by atoms with Crippen LogP contribution in [0.15, 0.2) is 182 Å². The van der Waals surface area contributed by atoms with E-state index in [0.717, 1.165) is 29.9 Å². The van der Waals surface area contributed by atoms with E-state index in [-0.39, 0.29) is 5.41 Å². The number of fused-ring (bicyclic) bond motifs is 6. The number of para-hydroxylation sites is 1. The summed E-state index contributed by atoms with van der Waals surface area (Å²) >= 11 is 0. The van der Waals surface area contributed by atoms with Gasteiger partial charge in [-0.25, -0.2) is 0 Å². The Balaban J connectivity index is 1.14. The van der Waals surface area contributed by atoms with Gasteiger partial charge in [-0.1, -0.05) is 141 Å². The number of nitrogens with zero attached hydrogens (tertiary/aromatic N) is 2. The highest BCUT2D eigenvalue weighted by Crippen LogP contribution is 2.51. The second-order valence-corrected chi connectivity index (χ2v) is 14.9. The van der Waals surface area contributed by atoms with E-state index in [1.165, 1.54) is 72.0 Å². The molecule has 10 rings (SSSR count). The molecule has 0 saturated heterocycles. The predicted octanol–water partition coefficient (Wildman–Crippen LogP) is 14.1. The Hall–Kier alpha value is -6.38. The molecule has 0 N–H and O–H groups in total. The van der Waals surface area contributed by atoms with Crippen LogP contribution in [-0.2, 0) is 5.41 Å². The van der Waals surface area contributed by atoms with E-state index in [2.05, 4.69) is 205 Å². The molecule has 0 fully saturated rings. The third-order valence-electron chi connectivity index (χ3n) is 11.4. The van der Waals surface area contributed by atoms with Crippen molar-refractivity contribution in [2.45, 2.75) is 32.1 Å². The van der Waals surface area contributed by atoms with Crippen molar-refractivity contribution in [1.29, 1.82) is 0 Å². The lowest BCUT2D eigenvalue weighted by Crippen LogP contribution is -2.16. The quantitative estimate of drug-likeness (QED) is 0.170. The van der Waals surface area contributed by atoms with Crippen molar-refractivity contribution < 1.29 is 0 Å². The lowest BCUT2D eigenvalue weighted by Gasteiger charge is -2.29. The molecule has 0 radical (unpaired) electrons. The van der Waals surface area contributed by atoms with Crippen LogP contribution in [0.4, 0.5) is 17.1 Å². The van der Waals surface area contributed by atoms with Crippen LogP contribution in [0.5, 0.6) is 0 Å². The van der Waals surface area contributed by atoms with Crippen LogP contribution in [-0.4, -0.2) is 4.57 Å². The normalized spacial score (nSPS) is 14.3. The smallest absolute Gasteiger partial charge is 0.0547 e. The minimum absolute atomic E-state index is 0.0990. The number of hydrogen-bond acceptors (Lipinski definition) is 1. The molecule has 0 spiro atoms. The van der Waals surface area contributed by atoms with Gasteiger partial charge in [-0.3, -0.25) is 0 Å². The average Bonchev–Trinajstić information content (AvgIpc) is 3.67. The Labute approximate surface area is 311 Å². The molecule has 0 aliphatic heterocycles. The van der Waals surface area contributed by atoms with Crippen LogP contribution >= 0.6 is 0 Å². The van der Waals surface area contributed by atoms with Gasteiger partial charge in [0.05, 0.1) is 11.0 Å². The molecule has 0 saturated carbocycles. The third-order valence-corrected chi connectivity index (χ3v) is 11.4. The van der Waals surface area contributed by atoms with Gasteiger partial charge >= 0.3 is 0 Å². The van der Waals surface area contributed by atoms with Crippen molar-refractivity contribution in [3.05, 3.63) is 193 Å². The van der Waals surface area contributed by atoms with Crippen molar-refractivity contribution in [2.75, 3.05) is 4.90 Å². The molecule has 2 heteroatoms. The van der Waals surface area contributed by atoms with Crippen LogP contribution in [0, 0.1) is 0 Å². The first-order valence-corrected chi connectivity index (χ1v) is 18.8. The molecular weight excluding hydrogens is 641 g/mol. The number of benzene rings is 7. The molecule has 7 aromatic carbocycles. The highest BCUT2D eigenvalue weighted by Gasteiger charge is 2.35. The molecular formula is C51H40N2. The largest absolute Gasteiger partial charge is 0.310 e. The topological polar surface area (TPSA) is 8.17 Å². The van der Waals surface area contributed by atoms with E-state index in [1.807, 2.05) is 0 Å². The second kappa shape index (κ2) is 12.4. The van der Waals surface area contributed by atoms with Crippen molar-refractivity contribution in [2.24, 2.45) is 0 Å². The van der Waals surface area contributed by atoms with Gasteiger partial charge in [0.1, 0.15) is 0 Å². The zero-order chi connectivity index (χ0) is 35.5. The first kappa shape index (κ1) is 31.4. The summed E-state index contributed by atoms with van der Waals surface area (Å²) in [5.41, 5.74) is 17.2. The molecule has 0 unspecified atom stereocenters. The average molecular weight is 681 g/mol. The van der Waals surface area contributed by atoms with Crippen LogP contribution < -0.4 is 4.90 Å². The van der Waals surface area contributed by atoms with Crippen LogP contribution in [0.1, 0.15) is 37.8 Å². The van der Waals surface area contributed by atoms with Gasteiger partial charge in [-0.05, 0) is 112 Å². The van der Waals surface area contributed by atoms with Gasteiger partial charge in [0.15, 0.2) is 0 Å². The Morgan fingerprint density at radius 3 is 1.91 bits per heavy atom. The third kappa shape index (κ3) is 5.17. The van der Waals surface area contributed by atoms with Crippen molar-refractivity contribution >= 4 is 44.6 Å². The molecule has 0 atom stereocenters. The van der Waals surface area contributed by atoms with Gasteiger partial charge < -0.3 is 9.47 Å². The summed E-state index contributed by atoms with van der Waals surface area (Å²) in [6.07, 6.45) is 9.11. The summed E-state index contributed by atoms with van der Waals surface area (Å²) in [5.74, 6) is 0. The van der Waals surface area contributed by atoms with Crippen molar-refractivity contribution in [3.8, 4) is 33.4 Å². The summed E-state index contributed by atoms with van der Waals surface area (Å²) in [7, 11) is 0. The number of aromatic nitrogens is 1. The van der Waals surface area contributed by atoms with E-state index in [0.29, 0.717) is 0 Å². The standard InChI is InChI=1S/C51H40N2/c1-51(2)47-25-11-9-23-43(47)44-30-28-42(34-48(44)51)52(40-21-13-17-36(31-40)35-15-5-3-6-16-35)41-22-14-18-37(32-41)38-27-29-46-45-24-10-12-26-49(45)53(50(46)33-38)39-19-7-4-8-20-39/h3,5-7,9-34H,4,8H2,1-2H3. The van der Waals surface area contributed by atoms with Crippen molar-refractivity contribution in [1.82, 2.24) is 4.57 Å². The molecule has 2 aliphatic carbocycles. The second-order valence-electron chi connectivity index (χ2n) is 14.9. The summed E-state index contributed by atoms with van der Waals surface area (Å²) in [6, 6.07) is 60.4. The SMILES string of the molecule is CC1(C)c2ccccc2-c2ccc(N(c3cccc(-c4ccccc4)c3)c3cccc(-c4ccc5c6ccccc6n(C6=CCCC=C6)c5c4)c3)cc21. The molecule has 1 heterocycles. The minimum Gasteiger partial charge on any atom is -0.310 e. The molecule has 254 valence electrons. The lowest BCUT2D eigenvalue weighted by atomic mass is 9.82. The van der Waals surface area contributed by atoms with Crippen LogP contribution in [0.2, 0.25) is 0 Å². The Morgan fingerprint density at radius 2 is 1.11 bits per heavy atom. The highest BCUT2D eigenvalue weighted by molar-refractivity contribution is 6.11. The molecule has 2 nitrogen and oxygen atoms in total. The van der Waals surface area contributed by atoms with Crippen LogP contribution in [0.25, 0.3) is 60.9 Å². The number of rotatable bonds is 6. The fourth-order valence-electron chi connectivity index (χ4n) is 8.75. The first-order chi connectivity index (χ1) is 26.0. The first-order valence-electron chi connectivity index (χ1n) is 18.8. The van der Waals surface area contributed by atoms with Gasteiger partial charge in [0.2, 0.25) is 0 Å². The maximum absolute atomic E-state index is 2.44. The fraction of sp³-hybridized carbons (Fsp3) is 0.0980. The van der Waals surface area contributed by atoms with Gasteiger partial charge in [-0.2, -0.15) is 0 Å². The van der Waals surface area contributed by atoms with Gasteiger partial charge in [0, 0.05) is 38.9 Å². The summed E-state index contributed by atoms with van der Waals surface area (Å²) in [4.78, 5) is 2.43. The number of hydrogen-bond donors (Lipinski definition) is 0. The number of allylic oxidation sites excluding steroid dienone is 4. The van der Waals surface area contributed by atoms with E-state index in [4.69, 9.17) is 0 Å². The maximum Gasteiger partial charge on any atom is 0.0547 e. The Kier molecular flexibility index (Phi) is 7.33. The molecule has 0 amide bonds. The Bertz CT molecular complexity index is 2760.